The summed E-state index contributed by atoms with van der Waals surface area (Å²) in [5, 5.41) is 12.0. The Balaban J connectivity index is 0.00000196. The van der Waals surface area contributed by atoms with Gasteiger partial charge in [0.2, 0.25) is 0 Å². The van der Waals surface area contributed by atoms with Crippen molar-refractivity contribution in [3.63, 3.8) is 0 Å². The molecule has 1 aromatic rings. The number of quaternary nitrogens is 1. The minimum atomic E-state index is -0.222. The zero-order valence-corrected chi connectivity index (χ0v) is 16.8. The van der Waals surface area contributed by atoms with Crippen LogP contribution < -0.4 is 24.0 Å². The zero-order chi connectivity index (χ0) is 17.4. The molecule has 136 valence electrons. The molecule has 0 saturated carbocycles. The van der Waals surface area contributed by atoms with E-state index in [9.17, 15) is 10.1 Å². The Hall–Kier alpha value is -1.93. The fraction of sp³-hybridized carbons (Fsp3) is 0.300. The van der Waals surface area contributed by atoms with E-state index in [2.05, 4.69) is 7.05 Å². The van der Waals surface area contributed by atoms with Crippen LogP contribution in [0.4, 0.5) is 5.69 Å². The summed E-state index contributed by atoms with van der Waals surface area (Å²) >= 11 is 0. The van der Waals surface area contributed by atoms with Crippen molar-refractivity contribution in [2.75, 3.05) is 20.1 Å². The fourth-order valence-corrected chi connectivity index (χ4v) is 4.13. The molecule has 0 spiro atoms. The summed E-state index contributed by atoms with van der Waals surface area (Å²) in [6, 6.07) is 11.4. The highest BCUT2D eigenvalue weighted by Crippen LogP contribution is 2.48. The lowest BCUT2D eigenvalue weighted by Crippen LogP contribution is -3.00. The molecule has 26 heavy (non-hydrogen) atoms. The number of nitro groups is 1. The highest BCUT2D eigenvalue weighted by molar-refractivity contribution is 5.96. The first-order valence-corrected chi connectivity index (χ1v) is 8.63. The first kappa shape index (κ1) is 18.8. The van der Waals surface area contributed by atoms with Gasteiger partial charge < -0.3 is 32.9 Å². The van der Waals surface area contributed by atoms with Gasteiger partial charge in [-0.2, -0.15) is 0 Å². The second-order valence-corrected chi connectivity index (χ2v) is 7.14. The predicted octanol–water partition coefficient (Wildman–Crippen LogP) is 1.70. The van der Waals surface area contributed by atoms with E-state index in [0.717, 1.165) is 39.8 Å². The third-order valence-corrected chi connectivity index (χ3v) is 5.34. The van der Waals surface area contributed by atoms with Crippen molar-refractivity contribution in [1.82, 2.24) is 0 Å². The molecule has 1 aliphatic carbocycles. The van der Waals surface area contributed by atoms with Gasteiger partial charge in [0, 0.05) is 24.0 Å². The number of hydrogen-bond acceptors (Lipinski definition) is 3. The number of hydrogen-bond donors (Lipinski definition) is 0. The van der Waals surface area contributed by atoms with Crippen LogP contribution in [-0.2, 0) is 6.54 Å². The van der Waals surface area contributed by atoms with Gasteiger partial charge in [0.25, 0.3) is 5.69 Å². The Bertz CT molecular complexity index is 885. The molecule has 1 aromatic carbocycles. The molecule has 4 rings (SSSR count). The maximum atomic E-state index is 12.0. The number of nitrogens with zero attached hydrogens (tertiary/aromatic N) is 2. The summed E-state index contributed by atoms with van der Waals surface area (Å²) in [5.74, 6) is 0. The molecule has 2 heterocycles. The van der Waals surface area contributed by atoms with Gasteiger partial charge in [0.15, 0.2) is 0 Å². The molecule has 0 amide bonds. The van der Waals surface area contributed by atoms with E-state index in [1.165, 1.54) is 12.8 Å². The van der Waals surface area contributed by atoms with E-state index in [1.807, 2.05) is 36.4 Å². The number of fused-ring (bicyclic) bond motifs is 1. The Labute approximate surface area is 169 Å². The summed E-state index contributed by atoms with van der Waals surface area (Å²) < 4.78 is 6.23. The highest BCUT2D eigenvalue weighted by Gasteiger charge is 2.38. The van der Waals surface area contributed by atoms with E-state index in [0.29, 0.717) is 12.1 Å². The van der Waals surface area contributed by atoms with Crippen molar-refractivity contribution in [2.24, 2.45) is 0 Å². The van der Waals surface area contributed by atoms with Crippen LogP contribution in [0.5, 0.6) is 0 Å². The predicted molar refractivity (Wildman–Crippen MR) is 96.3 cm³/mol. The molecule has 5 nitrogen and oxygen atoms in total. The van der Waals surface area contributed by atoms with Crippen molar-refractivity contribution < 1.29 is 37.8 Å². The van der Waals surface area contributed by atoms with Gasteiger partial charge in [0.1, 0.15) is 6.54 Å². The number of halogens is 1. The average molecular weight is 464 g/mol. The normalized spacial score (nSPS) is 15.7. The molecule has 1 saturated heterocycles. The third-order valence-electron chi connectivity index (χ3n) is 5.34. The standard InChI is InChI=1S/C20H21N2O3.HI/c1-22(10-5-6-11-22)13-17-16-9-12-25-14-18(16)19(20(17)21(23)24)15-7-3-2-4-8-15;/h2-4,7-9,12,14H,5-6,10-11,13H2,1H3;1H/q+1;/p-1. The largest absolute Gasteiger partial charge is 1.00 e. The number of benzene rings is 1. The quantitative estimate of drug-likeness (QED) is 0.256. The molecule has 0 radical (unpaired) electrons. The highest BCUT2D eigenvalue weighted by atomic mass is 127. The molecule has 6 heteroatoms. The summed E-state index contributed by atoms with van der Waals surface area (Å²) in [6.45, 7) is 2.83. The molecular formula is C20H21IN2O3. The van der Waals surface area contributed by atoms with Crippen LogP contribution in [0.15, 0.2) is 53.3 Å². The molecule has 0 atom stereocenters. The van der Waals surface area contributed by atoms with Crippen LogP contribution in [0.1, 0.15) is 18.4 Å². The van der Waals surface area contributed by atoms with Gasteiger partial charge in [-0.3, -0.25) is 10.1 Å². The van der Waals surface area contributed by atoms with Gasteiger partial charge in [0.05, 0.1) is 48.7 Å². The van der Waals surface area contributed by atoms with Crippen molar-refractivity contribution in [3.8, 4) is 22.3 Å². The Morgan fingerprint density at radius 1 is 1.12 bits per heavy atom. The Kier molecular flexibility index (Phi) is 5.34. The molecule has 0 N–H and O–H groups in total. The second kappa shape index (κ2) is 7.36. The smallest absolute Gasteiger partial charge is 0.287 e. The molecule has 2 aliphatic heterocycles. The molecule has 3 aliphatic rings. The van der Waals surface area contributed by atoms with Crippen LogP contribution in [0, 0.1) is 10.1 Å². The van der Waals surface area contributed by atoms with Gasteiger partial charge >= 0.3 is 0 Å². The maximum absolute atomic E-state index is 12.0. The van der Waals surface area contributed by atoms with E-state index < -0.39 is 0 Å². The fourth-order valence-electron chi connectivity index (χ4n) is 4.13. The Morgan fingerprint density at radius 2 is 1.81 bits per heavy atom. The first-order chi connectivity index (χ1) is 12.1. The number of likely N-dealkylation sites (tertiary alicyclic amines) is 1. The lowest BCUT2D eigenvalue weighted by atomic mass is 10.0. The minimum absolute atomic E-state index is 0. The summed E-state index contributed by atoms with van der Waals surface area (Å²) in [7, 11) is 2.20. The molecule has 1 fully saturated rings. The van der Waals surface area contributed by atoms with Crippen molar-refractivity contribution in [1.29, 1.82) is 0 Å². The van der Waals surface area contributed by atoms with Gasteiger partial charge in [-0.25, -0.2) is 0 Å². The monoisotopic (exact) mass is 464 g/mol. The van der Waals surface area contributed by atoms with Crippen LogP contribution in [0.25, 0.3) is 22.3 Å². The van der Waals surface area contributed by atoms with Crippen molar-refractivity contribution in [2.45, 2.75) is 19.4 Å². The first-order valence-electron chi connectivity index (χ1n) is 8.63. The van der Waals surface area contributed by atoms with E-state index in [4.69, 9.17) is 4.42 Å². The van der Waals surface area contributed by atoms with Gasteiger partial charge in [-0.1, -0.05) is 30.3 Å². The van der Waals surface area contributed by atoms with Gasteiger partial charge in [-0.15, -0.1) is 0 Å². The summed E-state index contributed by atoms with van der Waals surface area (Å²) in [4.78, 5) is 11.8. The van der Waals surface area contributed by atoms with Crippen molar-refractivity contribution >= 4 is 5.69 Å². The van der Waals surface area contributed by atoms with E-state index in [-0.39, 0.29) is 34.6 Å². The number of rotatable bonds is 4. The lowest BCUT2D eigenvalue weighted by molar-refractivity contribution is -0.910. The van der Waals surface area contributed by atoms with Crippen LogP contribution in [-0.4, -0.2) is 29.5 Å². The summed E-state index contributed by atoms with van der Waals surface area (Å²) in [5.41, 5.74) is 4.35. The Morgan fingerprint density at radius 3 is 2.46 bits per heavy atom. The molecule has 0 bridgehead atoms. The minimum Gasteiger partial charge on any atom is -1.00 e. The van der Waals surface area contributed by atoms with E-state index in [1.54, 1.807) is 12.5 Å². The maximum Gasteiger partial charge on any atom is 0.287 e. The zero-order valence-electron chi connectivity index (χ0n) is 14.7. The lowest BCUT2D eigenvalue weighted by Gasteiger charge is -2.29. The SMILES string of the molecule is C[N+]1(Cc2c3ccocc-3c(-c3ccccc3)c2[N+](=O)[O-])CCCC1.[I-]. The molecule has 0 aromatic heterocycles. The average Bonchev–Trinajstić information content (AvgIpc) is 3.18. The molecule has 0 unspecified atom stereocenters. The molecular weight excluding hydrogens is 443 g/mol. The second-order valence-electron chi connectivity index (χ2n) is 7.14. The van der Waals surface area contributed by atoms with Gasteiger partial charge in [-0.05, 0) is 11.6 Å². The van der Waals surface area contributed by atoms with Crippen molar-refractivity contribution in [3.05, 3.63) is 64.6 Å². The topological polar surface area (TPSA) is 56.3 Å². The van der Waals surface area contributed by atoms with E-state index >= 15 is 0 Å². The van der Waals surface area contributed by atoms with Crippen LogP contribution >= 0.6 is 0 Å². The van der Waals surface area contributed by atoms with Crippen LogP contribution in [0.3, 0.4) is 0 Å². The van der Waals surface area contributed by atoms with Crippen LogP contribution in [0.2, 0.25) is 0 Å². The third kappa shape index (κ3) is 3.23. The summed E-state index contributed by atoms with van der Waals surface area (Å²) in [6.07, 6.45) is 5.61.